The van der Waals surface area contributed by atoms with Crippen LogP contribution >= 0.6 is 0 Å². The van der Waals surface area contributed by atoms with Crippen molar-refractivity contribution in [3.63, 3.8) is 0 Å². The van der Waals surface area contributed by atoms with E-state index in [0.29, 0.717) is 0 Å². The van der Waals surface area contributed by atoms with Gasteiger partial charge < -0.3 is 11.0 Å². The second-order valence-electron chi connectivity index (χ2n) is 0. The van der Waals surface area contributed by atoms with Crippen LogP contribution in [0.5, 0.6) is 0 Å². The van der Waals surface area contributed by atoms with Crippen LogP contribution < -0.4 is 0 Å². The van der Waals surface area contributed by atoms with Gasteiger partial charge in [-0.3, -0.25) is 0 Å². The van der Waals surface area contributed by atoms with E-state index in [-0.39, 0.29) is 64.6 Å². The van der Waals surface area contributed by atoms with Gasteiger partial charge in [-0.25, -0.2) is 0 Å². The van der Waals surface area contributed by atoms with Crippen LogP contribution in [0.4, 0.5) is 0 Å². The molecule has 0 aromatic rings. The van der Waals surface area contributed by atoms with E-state index in [0.717, 1.165) is 0 Å². The van der Waals surface area contributed by atoms with Crippen LogP contribution in [0.25, 0.3) is 0 Å². The fourth-order valence-electron chi connectivity index (χ4n) is 0. The zero-order valence-electron chi connectivity index (χ0n) is 2.20. The average molecular weight is 216 g/mol. The first-order chi connectivity index (χ1) is 0. The minimum atomic E-state index is 0. The molecule has 0 aliphatic heterocycles. The first-order valence-electron chi connectivity index (χ1n) is 0. The molecule has 0 N–H and O–H groups in total. The van der Waals surface area contributed by atoms with E-state index in [9.17, 15) is 0 Å². The van der Waals surface area contributed by atoms with Crippen molar-refractivity contribution in [1.82, 2.24) is 0 Å². The Morgan fingerprint density at radius 1 is 0.800 bits per heavy atom. The molecule has 0 atom stereocenters. The summed E-state index contributed by atoms with van der Waals surface area (Å²) in [4.78, 5) is 0. The van der Waals surface area contributed by atoms with Gasteiger partial charge in [-0.2, -0.15) is 0 Å². The smallest absolute Gasteiger partial charge is 0 e. The molecule has 0 saturated heterocycles. The predicted octanol–water partition coefficient (Wildman–Crippen LogP) is -0.245. The van der Waals surface area contributed by atoms with Crippen molar-refractivity contribution in [2.45, 2.75) is 0 Å². The van der Waals surface area contributed by atoms with Gasteiger partial charge in [-0.05, 0) is 0 Å². The standard InChI is InChI=1S/Cu.Mn.2O.Zn/q;;2*-2;. The zero-order chi connectivity index (χ0) is 0. The van der Waals surface area contributed by atoms with E-state index >= 15 is 0 Å². The van der Waals surface area contributed by atoms with E-state index in [4.69, 9.17) is 0 Å². The van der Waals surface area contributed by atoms with E-state index in [1.54, 1.807) is 0 Å². The SMILES string of the molecule is [Cu].[Mn].[O-2].[O-2].[Zn]. The molecule has 0 bridgehead atoms. The van der Waals surface area contributed by atoms with Crippen molar-refractivity contribution >= 4 is 0 Å². The monoisotopic (exact) mass is 214 g/mol. The van der Waals surface area contributed by atoms with Gasteiger partial charge in [-0.1, -0.05) is 0 Å². The van der Waals surface area contributed by atoms with Gasteiger partial charge in [0.05, 0.1) is 0 Å². The molecule has 0 aromatic carbocycles. The second kappa shape index (κ2) is 46.8. The number of rotatable bonds is 0. The first kappa shape index (κ1) is 81.9. The summed E-state index contributed by atoms with van der Waals surface area (Å²) in [5, 5.41) is 0. The molecule has 0 rings (SSSR count). The Morgan fingerprint density at radius 2 is 0.800 bits per heavy atom. The number of hydrogen-bond acceptors (Lipinski definition) is 0. The van der Waals surface area contributed by atoms with Gasteiger partial charge in [0, 0.05) is 53.6 Å². The molecule has 36 valence electrons. The molecule has 0 aromatic heterocycles. The molecule has 0 spiro atoms. The van der Waals surface area contributed by atoms with Gasteiger partial charge in [0.15, 0.2) is 0 Å². The summed E-state index contributed by atoms with van der Waals surface area (Å²) in [6, 6.07) is 0. The molecule has 0 heterocycles. The summed E-state index contributed by atoms with van der Waals surface area (Å²) in [6.07, 6.45) is 0. The largest absolute Gasteiger partial charge is 2.00 e. The molecule has 2 radical (unpaired) electrons. The molecule has 5 heteroatoms. The van der Waals surface area contributed by atoms with Crippen molar-refractivity contribution in [2.24, 2.45) is 0 Å². The summed E-state index contributed by atoms with van der Waals surface area (Å²) < 4.78 is 0. The van der Waals surface area contributed by atoms with Gasteiger partial charge in [-0.15, -0.1) is 0 Å². The summed E-state index contributed by atoms with van der Waals surface area (Å²) in [6.45, 7) is 0. The third kappa shape index (κ3) is 28.6. The molecule has 0 saturated carbocycles. The second-order valence-corrected chi connectivity index (χ2v) is 0. The van der Waals surface area contributed by atoms with E-state index in [1.165, 1.54) is 0 Å². The van der Waals surface area contributed by atoms with Crippen LogP contribution in [0, 0.1) is 0 Å². The van der Waals surface area contributed by atoms with Gasteiger partial charge >= 0.3 is 0 Å². The van der Waals surface area contributed by atoms with Crippen molar-refractivity contribution in [3.8, 4) is 0 Å². The van der Waals surface area contributed by atoms with Crippen LogP contribution in [0.2, 0.25) is 0 Å². The van der Waals surface area contributed by atoms with Gasteiger partial charge in [0.1, 0.15) is 0 Å². The Hall–Kier alpha value is 1.58. The van der Waals surface area contributed by atoms with E-state index in [1.807, 2.05) is 0 Å². The fourth-order valence-corrected chi connectivity index (χ4v) is 0. The average Bonchev–Trinajstić information content (AvgIpc) is 0. The summed E-state index contributed by atoms with van der Waals surface area (Å²) in [7, 11) is 0. The first-order valence-corrected chi connectivity index (χ1v) is 0. The Morgan fingerprint density at radius 3 is 0.800 bits per heavy atom. The van der Waals surface area contributed by atoms with Crippen molar-refractivity contribution < 1.29 is 64.6 Å². The van der Waals surface area contributed by atoms with Crippen LogP contribution in [-0.4, -0.2) is 0 Å². The van der Waals surface area contributed by atoms with Crippen molar-refractivity contribution in [2.75, 3.05) is 0 Å². The van der Waals surface area contributed by atoms with Crippen LogP contribution in [0.15, 0.2) is 0 Å². The van der Waals surface area contributed by atoms with Crippen molar-refractivity contribution in [3.05, 3.63) is 0 Å². The van der Waals surface area contributed by atoms with E-state index in [2.05, 4.69) is 0 Å². The van der Waals surface area contributed by atoms with Gasteiger partial charge in [0.2, 0.25) is 0 Å². The maximum Gasteiger partial charge on any atom is 0 e. The van der Waals surface area contributed by atoms with Crippen LogP contribution in [-0.2, 0) is 64.6 Å². The molecule has 5 heavy (non-hydrogen) atoms. The van der Waals surface area contributed by atoms with Gasteiger partial charge in [0.25, 0.3) is 0 Å². The van der Waals surface area contributed by atoms with Crippen LogP contribution in [0.1, 0.15) is 0 Å². The summed E-state index contributed by atoms with van der Waals surface area (Å²) in [5.41, 5.74) is 0. The zero-order valence-corrected chi connectivity index (χ0v) is 7.29. The Balaban J connectivity index is 0. The molecule has 2 nitrogen and oxygen atoms in total. The predicted molar refractivity (Wildman–Crippen MR) is 1.37 cm³/mol. The Bertz CT molecular complexity index is 9.61. The molecule has 0 aliphatic carbocycles. The Kier molecular flexibility index (Phi) is 767. The maximum absolute atomic E-state index is 0. The Labute approximate surface area is 64.4 Å². The van der Waals surface area contributed by atoms with Crippen molar-refractivity contribution in [1.29, 1.82) is 0 Å². The molecular weight excluding hydrogens is 216 g/mol. The molecule has 0 aliphatic rings. The molecule has 0 amide bonds. The number of hydrogen-bond donors (Lipinski definition) is 0. The minimum absolute atomic E-state index is 0. The third-order valence-electron chi connectivity index (χ3n) is 0. The van der Waals surface area contributed by atoms with E-state index < -0.39 is 0 Å². The molecular formula is CuMnO2Zn-4. The summed E-state index contributed by atoms with van der Waals surface area (Å²) >= 11 is 0. The maximum atomic E-state index is 0. The summed E-state index contributed by atoms with van der Waals surface area (Å²) in [5.74, 6) is 0. The fraction of sp³-hybridized carbons (Fsp3) is 0. The normalized spacial score (nSPS) is 0. The third-order valence-corrected chi connectivity index (χ3v) is 0. The molecule has 0 fully saturated rings. The topological polar surface area (TPSA) is 57.0 Å². The minimum Gasteiger partial charge on any atom is -2.00 e. The quantitative estimate of drug-likeness (QED) is 0.501. The van der Waals surface area contributed by atoms with Crippen LogP contribution in [0.3, 0.4) is 0 Å². The molecule has 0 unspecified atom stereocenters.